The number of nitrogens with zero attached hydrogens (tertiary/aromatic N) is 1. The molecular formula is C12H20ClN3O. The second-order valence-electron chi connectivity index (χ2n) is 4.00. The largest absolute Gasteiger partial charge is 0.383 e. The molecule has 0 amide bonds. The molecule has 5 heteroatoms. The summed E-state index contributed by atoms with van der Waals surface area (Å²) in [6, 6.07) is 1.85. The van der Waals surface area contributed by atoms with Gasteiger partial charge in [0.2, 0.25) is 0 Å². The highest BCUT2D eigenvalue weighted by molar-refractivity contribution is 6.30. The molecule has 0 radical (unpaired) electrons. The van der Waals surface area contributed by atoms with Crippen molar-refractivity contribution in [3.8, 4) is 0 Å². The van der Waals surface area contributed by atoms with Crippen LogP contribution in [0.25, 0.3) is 0 Å². The summed E-state index contributed by atoms with van der Waals surface area (Å²) in [5, 5.41) is 3.98. The standard InChI is InChI=1S/C12H20ClN3O/c1-4-5-15-11(8(2)17-3)10-6-9(13)7-16-12(10)14/h6-8,11,15H,4-5H2,1-3H3,(H2,14,16). The third-order valence-corrected chi connectivity index (χ3v) is 2.91. The summed E-state index contributed by atoms with van der Waals surface area (Å²) >= 11 is 5.96. The van der Waals surface area contributed by atoms with Gasteiger partial charge >= 0.3 is 0 Å². The molecule has 1 heterocycles. The number of hydrogen-bond donors (Lipinski definition) is 2. The SMILES string of the molecule is CCCNC(c1cc(Cl)cnc1N)C(C)OC. The third kappa shape index (κ3) is 3.84. The Labute approximate surface area is 108 Å². The minimum atomic E-state index is 0.00381. The fraction of sp³-hybridized carbons (Fsp3) is 0.583. The van der Waals surface area contributed by atoms with Crippen molar-refractivity contribution in [2.75, 3.05) is 19.4 Å². The van der Waals surface area contributed by atoms with Gasteiger partial charge in [-0.1, -0.05) is 18.5 Å². The molecular weight excluding hydrogens is 238 g/mol. The van der Waals surface area contributed by atoms with Gasteiger partial charge in [-0.05, 0) is 26.0 Å². The van der Waals surface area contributed by atoms with E-state index in [0.29, 0.717) is 10.8 Å². The first-order valence-electron chi connectivity index (χ1n) is 5.77. The van der Waals surface area contributed by atoms with Crippen molar-refractivity contribution in [3.63, 3.8) is 0 Å². The molecule has 0 fully saturated rings. The molecule has 0 aliphatic heterocycles. The van der Waals surface area contributed by atoms with Crippen molar-refractivity contribution in [3.05, 3.63) is 22.8 Å². The van der Waals surface area contributed by atoms with Crippen LogP contribution in [0.4, 0.5) is 5.82 Å². The maximum atomic E-state index is 5.96. The van der Waals surface area contributed by atoms with E-state index in [1.807, 2.05) is 13.0 Å². The third-order valence-electron chi connectivity index (χ3n) is 2.71. The van der Waals surface area contributed by atoms with Crippen molar-refractivity contribution in [1.82, 2.24) is 10.3 Å². The first-order chi connectivity index (χ1) is 8.10. The van der Waals surface area contributed by atoms with E-state index >= 15 is 0 Å². The van der Waals surface area contributed by atoms with E-state index in [9.17, 15) is 0 Å². The van der Waals surface area contributed by atoms with E-state index in [1.54, 1.807) is 13.3 Å². The van der Waals surface area contributed by atoms with E-state index < -0.39 is 0 Å². The fourth-order valence-corrected chi connectivity index (χ4v) is 1.85. The number of nitrogens with one attached hydrogen (secondary N) is 1. The highest BCUT2D eigenvalue weighted by Crippen LogP contribution is 2.25. The van der Waals surface area contributed by atoms with E-state index in [4.69, 9.17) is 22.1 Å². The first kappa shape index (κ1) is 14.2. The summed E-state index contributed by atoms with van der Waals surface area (Å²) in [7, 11) is 1.68. The van der Waals surface area contributed by atoms with Gasteiger partial charge < -0.3 is 15.8 Å². The summed E-state index contributed by atoms with van der Waals surface area (Å²) in [4.78, 5) is 4.07. The van der Waals surface area contributed by atoms with Crippen molar-refractivity contribution in [1.29, 1.82) is 0 Å². The molecule has 3 N–H and O–H groups in total. The lowest BCUT2D eigenvalue weighted by atomic mass is 10.0. The highest BCUT2D eigenvalue weighted by Gasteiger charge is 2.21. The van der Waals surface area contributed by atoms with Gasteiger partial charge in [0, 0.05) is 18.9 Å². The van der Waals surface area contributed by atoms with E-state index in [0.717, 1.165) is 18.5 Å². The van der Waals surface area contributed by atoms with Crippen LogP contribution in [0.3, 0.4) is 0 Å². The number of rotatable bonds is 6. The number of ether oxygens (including phenoxy) is 1. The number of hydrogen-bond acceptors (Lipinski definition) is 4. The molecule has 1 rings (SSSR count). The van der Waals surface area contributed by atoms with Crippen LogP contribution in [0, 0.1) is 0 Å². The zero-order valence-electron chi connectivity index (χ0n) is 10.5. The number of pyridine rings is 1. The van der Waals surface area contributed by atoms with Crippen molar-refractivity contribution >= 4 is 17.4 Å². The summed E-state index contributed by atoms with van der Waals surface area (Å²) in [6.45, 7) is 5.00. The number of methoxy groups -OCH3 is 1. The average Bonchev–Trinajstić information content (AvgIpc) is 2.33. The summed E-state index contributed by atoms with van der Waals surface area (Å²) < 4.78 is 5.37. The molecule has 17 heavy (non-hydrogen) atoms. The number of anilines is 1. The Morgan fingerprint density at radius 3 is 2.88 bits per heavy atom. The normalized spacial score (nSPS) is 14.6. The Morgan fingerprint density at radius 2 is 2.29 bits per heavy atom. The summed E-state index contributed by atoms with van der Waals surface area (Å²) in [5.74, 6) is 0.493. The predicted molar refractivity (Wildman–Crippen MR) is 71.2 cm³/mol. The van der Waals surface area contributed by atoms with Crippen LogP contribution in [0.1, 0.15) is 31.9 Å². The average molecular weight is 258 g/mol. The lowest BCUT2D eigenvalue weighted by molar-refractivity contribution is 0.0831. The van der Waals surface area contributed by atoms with Crippen molar-refractivity contribution in [2.24, 2.45) is 0 Å². The Hall–Kier alpha value is -0.840. The lowest BCUT2D eigenvalue weighted by Crippen LogP contribution is -2.32. The Balaban J connectivity index is 2.98. The minimum Gasteiger partial charge on any atom is -0.383 e. The molecule has 0 aliphatic rings. The molecule has 2 atom stereocenters. The van der Waals surface area contributed by atoms with Crippen LogP contribution in [-0.2, 0) is 4.74 Å². The summed E-state index contributed by atoms with van der Waals surface area (Å²) in [5.41, 5.74) is 6.78. The van der Waals surface area contributed by atoms with Crippen LogP contribution in [0.15, 0.2) is 12.3 Å². The Kier molecular flexibility index (Phi) is 5.68. The number of nitrogen functional groups attached to an aromatic ring is 1. The molecule has 1 aromatic heterocycles. The van der Waals surface area contributed by atoms with E-state index in [2.05, 4.69) is 17.2 Å². The molecule has 0 saturated carbocycles. The highest BCUT2D eigenvalue weighted by atomic mass is 35.5. The van der Waals surface area contributed by atoms with Gasteiger partial charge in [0.15, 0.2) is 0 Å². The van der Waals surface area contributed by atoms with E-state index in [-0.39, 0.29) is 12.1 Å². The fourth-order valence-electron chi connectivity index (χ4n) is 1.68. The zero-order chi connectivity index (χ0) is 12.8. The quantitative estimate of drug-likeness (QED) is 0.822. The lowest BCUT2D eigenvalue weighted by Gasteiger charge is -2.25. The molecule has 0 aromatic carbocycles. The maximum Gasteiger partial charge on any atom is 0.128 e. The Morgan fingerprint density at radius 1 is 1.59 bits per heavy atom. The van der Waals surface area contributed by atoms with Crippen LogP contribution in [-0.4, -0.2) is 24.7 Å². The molecule has 4 nitrogen and oxygen atoms in total. The van der Waals surface area contributed by atoms with Gasteiger partial charge in [0.05, 0.1) is 17.2 Å². The first-order valence-corrected chi connectivity index (χ1v) is 6.15. The molecule has 96 valence electrons. The zero-order valence-corrected chi connectivity index (χ0v) is 11.3. The van der Waals surface area contributed by atoms with Gasteiger partial charge in [-0.2, -0.15) is 0 Å². The van der Waals surface area contributed by atoms with Gasteiger partial charge in [0.1, 0.15) is 5.82 Å². The van der Waals surface area contributed by atoms with Crippen molar-refractivity contribution < 1.29 is 4.74 Å². The molecule has 0 bridgehead atoms. The number of halogens is 1. The topological polar surface area (TPSA) is 60.2 Å². The van der Waals surface area contributed by atoms with Gasteiger partial charge in [-0.25, -0.2) is 4.98 Å². The van der Waals surface area contributed by atoms with Gasteiger partial charge in [-0.15, -0.1) is 0 Å². The smallest absolute Gasteiger partial charge is 0.128 e. The number of nitrogens with two attached hydrogens (primary N) is 1. The molecule has 1 aromatic rings. The van der Waals surface area contributed by atoms with E-state index in [1.165, 1.54) is 0 Å². The predicted octanol–water partition coefficient (Wildman–Crippen LogP) is 2.39. The second-order valence-corrected chi connectivity index (χ2v) is 4.44. The monoisotopic (exact) mass is 257 g/mol. The molecule has 2 unspecified atom stereocenters. The Bertz CT molecular complexity index is 360. The minimum absolute atomic E-state index is 0.00381. The van der Waals surface area contributed by atoms with Gasteiger partial charge in [0.25, 0.3) is 0 Å². The van der Waals surface area contributed by atoms with Crippen LogP contribution in [0.5, 0.6) is 0 Å². The van der Waals surface area contributed by atoms with Gasteiger partial charge in [-0.3, -0.25) is 0 Å². The van der Waals surface area contributed by atoms with Crippen molar-refractivity contribution in [2.45, 2.75) is 32.4 Å². The number of aromatic nitrogens is 1. The second kappa shape index (κ2) is 6.79. The van der Waals surface area contributed by atoms with Crippen LogP contribution < -0.4 is 11.1 Å². The maximum absolute atomic E-state index is 5.96. The summed E-state index contributed by atoms with van der Waals surface area (Å²) in [6.07, 6.45) is 2.60. The van der Waals surface area contributed by atoms with Crippen LogP contribution in [0.2, 0.25) is 5.02 Å². The molecule has 0 aliphatic carbocycles. The molecule has 0 spiro atoms. The molecule has 0 saturated heterocycles. The van der Waals surface area contributed by atoms with Crippen LogP contribution >= 0.6 is 11.6 Å².